The van der Waals surface area contributed by atoms with Crippen LogP contribution in [0.2, 0.25) is 0 Å². The van der Waals surface area contributed by atoms with Crippen LogP contribution in [0.15, 0.2) is 12.4 Å². The number of amides is 1. The summed E-state index contributed by atoms with van der Waals surface area (Å²) in [6.07, 6.45) is 3.43. The smallest absolute Gasteiger partial charge is 0.251 e. The van der Waals surface area contributed by atoms with Gasteiger partial charge < -0.3 is 14.7 Å². The Balaban J connectivity index is 1.26. The number of aromatic nitrogens is 2. The predicted molar refractivity (Wildman–Crippen MR) is 112 cm³/mol. The van der Waals surface area contributed by atoms with Crippen LogP contribution in [-0.4, -0.2) is 90.5 Å². The molecule has 0 saturated carbocycles. The molecule has 4 rings (SSSR count). The predicted octanol–water partition coefficient (Wildman–Crippen LogP) is 2.09. The zero-order valence-corrected chi connectivity index (χ0v) is 17.9. The van der Waals surface area contributed by atoms with Gasteiger partial charge in [-0.05, 0) is 25.8 Å². The fraction of sp³-hybridized carbons (Fsp3) is 0.762. The first-order chi connectivity index (χ1) is 14.3. The summed E-state index contributed by atoms with van der Waals surface area (Å²) in [4.78, 5) is 29.4. The third-order valence-corrected chi connectivity index (χ3v) is 6.79. The van der Waals surface area contributed by atoms with Crippen molar-refractivity contribution in [1.82, 2.24) is 19.8 Å². The van der Waals surface area contributed by atoms with Gasteiger partial charge in [0.05, 0.1) is 6.54 Å². The second-order valence-electron chi connectivity index (χ2n) is 9.11. The van der Waals surface area contributed by atoms with Gasteiger partial charge in [-0.2, -0.15) is 0 Å². The number of hydrogen-bond donors (Lipinski definition) is 0. The minimum atomic E-state index is -2.56. The Kier molecular flexibility index (Phi) is 6.09. The molecule has 1 aromatic heterocycles. The number of rotatable bonds is 5. The maximum absolute atomic E-state index is 13.4. The quantitative estimate of drug-likeness (QED) is 0.724. The van der Waals surface area contributed by atoms with Crippen LogP contribution < -0.4 is 9.80 Å². The lowest BCUT2D eigenvalue weighted by atomic mass is 9.99. The van der Waals surface area contributed by atoms with Gasteiger partial charge in [0.15, 0.2) is 0 Å². The molecule has 30 heavy (non-hydrogen) atoms. The molecular weight excluding hydrogens is 390 g/mol. The van der Waals surface area contributed by atoms with Crippen LogP contribution in [0.3, 0.4) is 0 Å². The number of hydrogen-bond acceptors (Lipinski definition) is 6. The number of likely N-dealkylation sites (tertiary alicyclic amines) is 1. The van der Waals surface area contributed by atoms with Crippen molar-refractivity contribution in [2.75, 3.05) is 62.7 Å². The number of piperidine rings is 2. The highest BCUT2D eigenvalue weighted by Gasteiger charge is 2.36. The average Bonchev–Trinajstić information content (AvgIpc) is 2.67. The number of carbonyl (C=O) groups is 1. The van der Waals surface area contributed by atoms with Gasteiger partial charge in [-0.1, -0.05) is 6.92 Å². The van der Waals surface area contributed by atoms with E-state index in [1.807, 2.05) is 22.9 Å². The highest BCUT2D eigenvalue weighted by atomic mass is 19.3. The van der Waals surface area contributed by atoms with E-state index in [0.29, 0.717) is 37.4 Å². The van der Waals surface area contributed by atoms with Gasteiger partial charge in [0.1, 0.15) is 18.0 Å². The first-order valence-corrected chi connectivity index (χ1v) is 11.0. The molecule has 0 aliphatic carbocycles. The van der Waals surface area contributed by atoms with Crippen LogP contribution in [0.25, 0.3) is 0 Å². The van der Waals surface area contributed by atoms with Crippen LogP contribution in [0.1, 0.15) is 32.6 Å². The molecule has 0 spiro atoms. The fourth-order valence-corrected chi connectivity index (χ4v) is 4.37. The summed E-state index contributed by atoms with van der Waals surface area (Å²) in [7, 11) is 2.01. The molecule has 7 nitrogen and oxygen atoms in total. The summed E-state index contributed by atoms with van der Waals surface area (Å²) in [5.41, 5.74) is 0. The van der Waals surface area contributed by atoms with E-state index in [0.717, 1.165) is 44.8 Å². The lowest BCUT2D eigenvalue weighted by molar-refractivity contribution is -0.134. The Morgan fingerprint density at radius 3 is 2.33 bits per heavy atom. The molecule has 3 aliphatic heterocycles. The van der Waals surface area contributed by atoms with Gasteiger partial charge in [-0.15, -0.1) is 0 Å². The Morgan fingerprint density at radius 2 is 1.70 bits per heavy atom. The summed E-state index contributed by atoms with van der Waals surface area (Å²) in [5.74, 6) is -0.105. The summed E-state index contributed by atoms with van der Waals surface area (Å²) in [6.45, 7) is 6.66. The molecule has 0 radical (unpaired) electrons. The van der Waals surface area contributed by atoms with E-state index in [4.69, 9.17) is 0 Å². The van der Waals surface area contributed by atoms with Crippen molar-refractivity contribution in [3.8, 4) is 0 Å². The van der Waals surface area contributed by atoms with Crippen LogP contribution in [-0.2, 0) is 4.79 Å². The van der Waals surface area contributed by atoms with Gasteiger partial charge in [0.25, 0.3) is 5.92 Å². The fourth-order valence-electron chi connectivity index (χ4n) is 4.37. The molecule has 9 heteroatoms. The molecule has 0 aromatic carbocycles. The highest BCUT2D eigenvalue weighted by Crippen LogP contribution is 2.31. The summed E-state index contributed by atoms with van der Waals surface area (Å²) in [6, 6.07) is 2.20. The first-order valence-electron chi connectivity index (χ1n) is 11.0. The Hall–Kier alpha value is -2.03. The Morgan fingerprint density at radius 1 is 1.10 bits per heavy atom. The van der Waals surface area contributed by atoms with Crippen LogP contribution in [0, 0.1) is 5.92 Å². The molecule has 1 amide bonds. The summed E-state index contributed by atoms with van der Waals surface area (Å²) >= 11 is 0. The van der Waals surface area contributed by atoms with Crippen molar-refractivity contribution in [2.24, 2.45) is 5.92 Å². The maximum atomic E-state index is 13.4. The largest absolute Gasteiger partial charge is 0.356 e. The minimum absolute atomic E-state index is 0.132. The van der Waals surface area contributed by atoms with E-state index in [1.165, 1.54) is 6.33 Å². The lowest BCUT2D eigenvalue weighted by Crippen LogP contribution is -2.60. The summed E-state index contributed by atoms with van der Waals surface area (Å²) in [5, 5.41) is 0. The number of carbonyl (C=O) groups excluding carboxylic acids is 1. The second kappa shape index (κ2) is 8.61. The number of likely N-dealkylation sites (N-methyl/N-ethyl adjacent to an activating group) is 1. The first kappa shape index (κ1) is 21.2. The van der Waals surface area contributed by atoms with Gasteiger partial charge in [0.2, 0.25) is 5.91 Å². The zero-order chi connectivity index (χ0) is 21.3. The molecule has 0 bridgehead atoms. The molecule has 4 heterocycles. The van der Waals surface area contributed by atoms with E-state index in [1.54, 1.807) is 0 Å². The number of anilines is 2. The van der Waals surface area contributed by atoms with Crippen LogP contribution in [0.5, 0.6) is 0 Å². The molecular formula is C21H32F2N6O. The minimum Gasteiger partial charge on any atom is -0.356 e. The van der Waals surface area contributed by atoms with Crippen LogP contribution >= 0.6 is 0 Å². The standard InChI is InChI=1S/C21H32F2N6O/c1-16-3-7-28(8-4-16)20(30)14-26(2)17-12-29(13-17)19-11-18(24-15-25-19)27-9-5-21(22,23)6-10-27/h11,15-17H,3-10,12-14H2,1-2H3. The van der Waals surface area contributed by atoms with E-state index < -0.39 is 5.92 Å². The lowest BCUT2D eigenvalue weighted by Gasteiger charge is -2.45. The van der Waals surface area contributed by atoms with E-state index >= 15 is 0 Å². The molecule has 0 unspecified atom stereocenters. The zero-order valence-electron chi connectivity index (χ0n) is 17.9. The van der Waals surface area contributed by atoms with Crippen molar-refractivity contribution in [2.45, 2.75) is 44.6 Å². The molecule has 166 valence electrons. The maximum Gasteiger partial charge on any atom is 0.251 e. The molecule has 3 aliphatic rings. The monoisotopic (exact) mass is 422 g/mol. The average molecular weight is 423 g/mol. The van der Waals surface area contributed by atoms with Crippen molar-refractivity contribution >= 4 is 17.5 Å². The van der Waals surface area contributed by atoms with Crippen molar-refractivity contribution in [1.29, 1.82) is 0 Å². The third kappa shape index (κ3) is 4.82. The van der Waals surface area contributed by atoms with Gasteiger partial charge >= 0.3 is 0 Å². The van der Waals surface area contributed by atoms with Crippen molar-refractivity contribution in [3.05, 3.63) is 12.4 Å². The topological polar surface area (TPSA) is 55.8 Å². The highest BCUT2D eigenvalue weighted by molar-refractivity contribution is 5.78. The number of alkyl halides is 2. The van der Waals surface area contributed by atoms with Crippen LogP contribution in [0.4, 0.5) is 20.4 Å². The number of halogens is 2. The van der Waals surface area contributed by atoms with Gasteiger partial charge in [-0.3, -0.25) is 9.69 Å². The Labute approximate surface area is 177 Å². The SMILES string of the molecule is CC1CCN(C(=O)CN(C)C2CN(c3cc(N4CCC(F)(F)CC4)ncn3)C2)CC1. The molecule has 3 fully saturated rings. The molecule has 1 aromatic rings. The van der Waals surface area contributed by atoms with E-state index in [-0.39, 0.29) is 18.7 Å². The molecule has 0 N–H and O–H groups in total. The second-order valence-corrected chi connectivity index (χ2v) is 9.11. The number of nitrogens with zero attached hydrogens (tertiary/aromatic N) is 6. The van der Waals surface area contributed by atoms with E-state index in [9.17, 15) is 13.6 Å². The van der Waals surface area contributed by atoms with Crippen molar-refractivity contribution in [3.63, 3.8) is 0 Å². The van der Waals surface area contributed by atoms with Gasteiger partial charge in [-0.25, -0.2) is 18.7 Å². The normalized spacial score (nSPS) is 23.0. The third-order valence-electron chi connectivity index (χ3n) is 6.79. The van der Waals surface area contributed by atoms with Crippen molar-refractivity contribution < 1.29 is 13.6 Å². The van der Waals surface area contributed by atoms with Gasteiger partial charge in [0, 0.05) is 64.2 Å². The molecule has 3 saturated heterocycles. The summed E-state index contributed by atoms with van der Waals surface area (Å²) < 4.78 is 26.8. The Bertz CT molecular complexity index is 739. The molecule has 0 atom stereocenters. The van der Waals surface area contributed by atoms with E-state index in [2.05, 4.69) is 26.7 Å².